The highest BCUT2D eigenvalue weighted by Gasteiger charge is 2.40. The van der Waals surface area contributed by atoms with Crippen LogP contribution in [0.4, 0.5) is 19.3 Å². The number of amides is 5. The van der Waals surface area contributed by atoms with E-state index < -0.39 is 47.0 Å². The summed E-state index contributed by atoms with van der Waals surface area (Å²) in [5.74, 6) is -3.04. The highest BCUT2D eigenvalue weighted by Crippen LogP contribution is 2.39. The van der Waals surface area contributed by atoms with Crippen molar-refractivity contribution in [2.75, 3.05) is 12.4 Å². The minimum Gasteiger partial charge on any atom is -0.494 e. The molecule has 14 heteroatoms. The summed E-state index contributed by atoms with van der Waals surface area (Å²) in [5.41, 5.74) is -0.953. The van der Waals surface area contributed by atoms with Crippen molar-refractivity contribution < 1.29 is 32.7 Å². The normalized spacial score (nSPS) is 17.3. The van der Waals surface area contributed by atoms with Gasteiger partial charge in [0.15, 0.2) is 17.4 Å². The Bertz CT molecular complexity index is 1580. The molecule has 3 heterocycles. The molecule has 2 aliphatic heterocycles. The Hall–Kier alpha value is -3.84. The molecule has 5 rings (SSSR count). The molecule has 1 unspecified atom stereocenters. The van der Waals surface area contributed by atoms with Gasteiger partial charge in [-0.25, -0.2) is 18.6 Å². The molecule has 0 saturated carbocycles. The third-order valence-electron chi connectivity index (χ3n) is 6.60. The summed E-state index contributed by atoms with van der Waals surface area (Å²) in [4.78, 5) is 55.0. The molecule has 3 N–H and O–H groups in total. The van der Waals surface area contributed by atoms with Gasteiger partial charge in [-0.3, -0.25) is 19.7 Å². The van der Waals surface area contributed by atoms with Crippen molar-refractivity contribution in [2.45, 2.75) is 44.8 Å². The second-order valence-electron chi connectivity index (χ2n) is 9.63. The highest BCUT2D eigenvalue weighted by molar-refractivity contribution is 7.18. The summed E-state index contributed by atoms with van der Waals surface area (Å²) in [6.07, 6.45) is 0.213. The summed E-state index contributed by atoms with van der Waals surface area (Å²) in [6.45, 7) is 3.10. The number of hydrogen-bond acceptors (Lipinski definition) is 7. The number of anilines is 1. The average molecular weight is 578 g/mol. The van der Waals surface area contributed by atoms with Crippen molar-refractivity contribution in [2.24, 2.45) is 0 Å². The van der Waals surface area contributed by atoms with Crippen molar-refractivity contribution in [1.29, 1.82) is 0 Å². The molecule has 1 atom stereocenters. The van der Waals surface area contributed by atoms with Crippen molar-refractivity contribution in [3.63, 3.8) is 0 Å². The average Bonchev–Trinajstić information content (AvgIpc) is 3.47. The smallest absolute Gasteiger partial charge is 0.320 e. The fraction of sp³-hybridized carbons (Fsp3) is 0.320. The maximum Gasteiger partial charge on any atom is 0.320 e. The van der Waals surface area contributed by atoms with Crippen molar-refractivity contribution in [1.82, 2.24) is 20.5 Å². The number of hydrogen-bond donors (Lipinski definition) is 3. The topological polar surface area (TPSA) is 130 Å². The Balaban J connectivity index is 1.33. The molecule has 0 radical (unpaired) electrons. The van der Waals surface area contributed by atoms with Gasteiger partial charge in [0.2, 0.25) is 11.8 Å². The number of benzene rings is 2. The first kappa shape index (κ1) is 26.8. The van der Waals surface area contributed by atoms with E-state index in [-0.39, 0.29) is 57.2 Å². The first-order valence-electron chi connectivity index (χ1n) is 11.8. The van der Waals surface area contributed by atoms with Gasteiger partial charge in [-0.2, -0.15) is 0 Å². The molecule has 2 aliphatic rings. The molecular weight excluding hydrogens is 556 g/mol. The number of imide groups is 1. The number of carbonyl (C=O) groups excluding carboxylic acids is 4. The number of nitrogens with zero attached hydrogens (tertiary/aromatic N) is 2. The second kappa shape index (κ2) is 9.72. The largest absolute Gasteiger partial charge is 0.494 e. The molecule has 1 fully saturated rings. The standard InChI is InChI=1S/C25H22ClF2N5O5S/c1-25(2,23-31-19-12(26)8-15(38-3)18(28)20(19)39-23)32-24(37)29-13-5-4-10-11(17(13)27)9-33(22(10)36)14-6-7-16(34)30-21(14)35/h4-5,8,14H,6-7,9H2,1-3H3,(H2,29,32,37)(H,30,34,35). The van der Waals surface area contributed by atoms with Gasteiger partial charge in [0.25, 0.3) is 5.91 Å². The predicted octanol–water partition coefficient (Wildman–Crippen LogP) is 4.05. The van der Waals surface area contributed by atoms with Crippen LogP contribution in [0, 0.1) is 11.6 Å². The Morgan fingerprint density at radius 2 is 2.00 bits per heavy atom. The molecular formula is C25H22ClF2N5O5S. The Morgan fingerprint density at radius 1 is 1.26 bits per heavy atom. The van der Waals surface area contributed by atoms with Gasteiger partial charge in [0, 0.05) is 23.6 Å². The summed E-state index contributed by atoms with van der Waals surface area (Å²) >= 11 is 7.22. The third-order valence-corrected chi connectivity index (χ3v) is 8.26. The number of aromatic nitrogens is 1. The van der Waals surface area contributed by atoms with Crippen molar-refractivity contribution in [3.05, 3.63) is 51.0 Å². The van der Waals surface area contributed by atoms with Crippen LogP contribution in [0.5, 0.6) is 5.75 Å². The summed E-state index contributed by atoms with van der Waals surface area (Å²) in [7, 11) is 1.32. The molecule has 204 valence electrons. The maximum atomic E-state index is 15.4. The van der Waals surface area contributed by atoms with E-state index in [1.165, 1.54) is 30.2 Å². The van der Waals surface area contributed by atoms with Crippen LogP contribution in [0.1, 0.15) is 47.6 Å². The van der Waals surface area contributed by atoms with E-state index in [0.717, 1.165) is 11.3 Å². The lowest BCUT2D eigenvalue weighted by Gasteiger charge is -2.29. The number of carbonyl (C=O) groups is 4. The van der Waals surface area contributed by atoms with Gasteiger partial charge in [0.1, 0.15) is 16.6 Å². The molecule has 3 aromatic rings. The number of halogens is 3. The zero-order valence-corrected chi connectivity index (χ0v) is 22.5. The fourth-order valence-electron chi connectivity index (χ4n) is 4.60. The van der Waals surface area contributed by atoms with E-state index in [0.29, 0.717) is 5.01 Å². The lowest BCUT2D eigenvalue weighted by molar-refractivity contribution is -0.136. The van der Waals surface area contributed by atoms with E-state index in [1.54, 1.807) is 13.8 Å². The number of nitrogens with one attached hydrogen (secondary N) is 3. The molecule has 2 aromatic carbocycles. The summed E-state index contributed by atoms with van der Waals surface area (Å²) < 4.78 is 35.3. The number of piperidine rings is 1. The van der Waals surface area contributed by atoms with Gasteiger partial charge in [-0.1, -0.05) is 11.6 Å². The molecule has 0 aliphatic carbocycles. The number of rotatable bonds is 5. The van der Waals surface area contributed by atoms with Gasteiger partial charge in [-0.15, -0.1) is 11.3 Å². The lowest BCUT2D eigenvalue weighted by atomic mass is 10.0. The van der Waals surface area contributed by atoms with Crippen LogP contribution >= 0.6 is 22.9 Å². The molecule has 5 amide bonds. The van der Waals surface area contributed by atoms with Crippen molar-refractivity contribution in [3.8, 4) is 5.75 Å². The highest BCUT2D eigenvalue weighted by atomic mass is 35.5. The van der Waals surface area contributed by atoms with Gasteiger partial charge in [-0.05, 0) is 32.4 Å². The quantitative estimate of drug-likeness (QED) is 0.392. The number of thiazole rings is 1. The van der Waals surface area contributed by atoms with Gasteiger partial charge in [0.05, 0.1) is 34.6 Å². The van der Waals surface area contributed by atoms with Crippen molar-refractivity contribution >= 4 is 62.6 Å². The Kier molecular flexibility index (Phi) is 6.67. The van der Waals surface area contributed by atoms with E-state index >= 15 is 4.39 Å². The number of urea groups is 1. The van der Waals surface area contributed by atoms with Crippen LogP contribution in [-0.4, -0.2) is 46.8 Å². The van der Waals surface area contributed by atoms with Crippen LogP contribution < -0.4 is 20.7 Å². The first-order chi connectivity index (χ1) is 18.4. The zero-order valence-electron chi connectivity index (χ0n) is 20.9. The van der Waals surface area contributed by atoms with Crippen LogP contribution in [0.25, 0.3) is 10.2 Å². The Labute approximate surface area is 229 Å². The maximum absolute atomic E-state index is 15.4. The summed E-state index contributed by atoms with van der Waals surface area (Å²) in [6, 6.07) is 2.28. The van der Waals surface area contributed by atoms with Crippen LogP contribution in [0.3, 0.4) is 0 Å². The second-order valence-corrected chi connectivity index (χ2v) is 11.0. The SMILES string of the molecule is COc1cc(Cl)c2nc(C(C)(C)NC(=O)Nc3ccc4c(c3F)CN(C3CCC(=O)NC3=O)C4=O)sc2c1F. The monoisotopic (exact) mass is 577 g/mol. The van der Waals surface area contributed by atoms with E-state index in [9.17, 15) is 23.6 Å². The molecule has 0 spiro atoms. The van der Waals surface area contributed by atoms with Crippen LogP contribution in [0.2, 0.25) is 5.02 Å². The molecule has 1 aromatic heterocycles. The zero-order chi connectivity index (χ0) is 28.2. The van der Waals surface area contributed by atoms with Gasteiger partial charge >= 0.3 is 6.03 Å². The lowest BCUT2D eigenvalue weighted by Crippen LogP contribution is -2.52. The molecule has 0 bridgehead atoms. The molecule has 10 nitrogen and oxygen atoms in total. The number of methoxy groups -OCH3 is 1. The predicted molar refractivity (Wildman–Crippen MR) is 139 cm³/mol. The number of fused-ring (bicyclic) bond motifs is 2. The minimum absolute atomic E-state index is 0.0343. The first-order valence-corrected chi connectivity index (χ1v) is 13.0. The van der Waals surface area contributed by atoms with Crippen LogP contribution in [0.15, 0.2) is 18.2 Å². The van der Waals surface area contributed by atoms with E-state index in [4.69, 9.17) is 16.3 Å². The fourth-order valence-corrected chi connectivity index (χ4v) is 5.97. The molecule has 39 heavy (non-hydrogen) atoms. The number of ether oxygens (including phenoxy) is 1. The van der Waals surface area contributed by atoms with E-state index in [2.05, 4.69) is 20.9 Å². The molecule has 1 saturated heterocycles. The third kappa shape index (κ3) is 4.65. The minimum atomic E-state index is -1.11. The Morgan fingerprint density at radius 3 is 2.69 bits per heavy atom. The van der Waals surface area contributed by atoms with E-state index in [1.807, 2.05) is 0 Å². The van der Waals surface area contributed by atoms with Crippen LogP contribution in [-0.2, 0) is 21.7 Å². The van der Waals surface area contributed by atoms with Gasteiger partial charge < -0.3 is 20.3 Å². The summed E-state index contributed by atoms with van der Waals surface area (Å²) in [5, 5.41) is 7.87.